The lowest BCUT2D eigenvalue weighted by molar-refractivity contribution is 0.0782. The first-order valence-corrected chi connectivity index (χ1v) is 7.97. The summed E-state index contributed by atoms with van der Waals surface area (Å²) in [5.41, 5.74) is 3.61. The zero-order chi connectivity index (χ0) is 15.7. The van der Waals surface area contributed by atoms with Crippen LogP contribution in [0, 0.1) is 6.92 Å². The van der Waals surface area contributed by atoms with Gasteiger partial charge >= 0.3 is 0 Å². The Bertz CT molecular complexity index is 714. The molecule has 1 amide bonds. The predicted octanol–water partition coefficient (Wildman–Crippen LogP) is 2.01. The van der Waals surface area contributed by atoms with Gasteiger partial charge in [0.1, 0.15) is 5.56 Å². The number of rotatable bonds is 4. The molecule has 0 fully saturated rings. The molecule has 7 heteroatoms. The van der Waals surface area contributed by atoms with E-state index in [9.17, 15) is 4.79 Å². The number of methoxy groups -OCH3 is 1. The summed E-state index contributed by atoms with van der Waals surface area (Å²) < 4.78 is 9.22. The largest absolute Gasteiger partial charge is 0.480 e. The highest BCUT2D eigenvalue weighted by Gasteiger charge is 2.23. The third-order valence-electron chi connectivity index (χ3n) is 3.91. The van der Waals surface area contributed by atoms with Crippen molar-refractivity contribution in [2.24, 2.45) is 0 Å². The van der Waals surface area contributed by atoms with Gasteiger partial charge in [-0.05, 0) is 49.3 Å². The van der Waals surface area contributed by atoms with Crippen molar-refractivity contribution in [2.75, 3.05) is 14.2 Å². The minimum atomic E-state index is -0.0909. The van der Waals surface area contributed by atoms with Gasteiger partial charge in [-0.3, -0.25) is 4.79 Å². The monoisotopic (exact) mass is 318 g/mol. The highest BCUT2D eigenvalue weighted by molar-refractivity contribution is 7.05. The van der Waals surface area contributed by atoms with Crippen LogP contribution in [0.3, 0.4) is 0 Å². The van der Waals surface area contributed by atoms with Crippen LogP contribution in [0.2, 0.25) is 0 Å². The van der Waals surface area contributed by atoms with Crippen LogP contribution in [0.25, 0.3) is 0 Å². The summed E-state index contributed by atoms with van der Waals surface area (Å²) in [5, 5.41) is 3.98. The van der Waals surface area contributed by atoms with E-state index in [0.29, 0.717) is 18.0 Å². The minimum absolute atomic E-state index is 0.0909. The Morgan fingerprint density at radius 3 is 2.95 bits per heavy atom. The number of carbonyl (C=O) groups excluding carboxylic acids is 1. The van der Waals surface area contributed by atoms with E-state index in [2.05, 4.69) is 14.6 Å². The van der Waals surface area contributed by atoms with Gasteiger partial charge in [-0.15, -0.1) is 5.10 Å². The smallest absolute Gasteiger partial charge is 0.259 e. The van der Waals surface area contributed by atoms with Gasteiger partial charge in [0, 0.05) is 12.7 Å². The predicted molar refractivity (Wildman–Crippen MR) is 83.3 cm³/mol. The highest BCUT2D eigenvalue weighted by Crippen LogP contribution is 2.27. The number of hydrogen-bond acceptors (Lipinski definition) is 6. The number of carbonyl (C=O) groups is 1. The van der Waals surface area contributed by atoms with Gasteiger partial charge in [0.15, 0.2) is 0 Å². The fraction of sp³-hybridized carbons (Fsp3) is 0.467. The van der Waals surface area contributed by atoms with Crippen molar-refractivity contribution < 1.29 is 9.53 Å². The first-order chi connectivity index (χ1) is 10.6. The zero-order valence-electron chi connectivity index (χ0n) is 12.9. The van der Waals surface area contributed by atoms with Crippen molar-refractivity contribution >= 4 is 17.4 Å². The van der Waals surface area contributed by atoms with Gasteiger partial charge in [-0.25, -0.2) is 4.98 Å². The van der Waals surface area contributed by atoms with Crippen LogP contribution in [0.5, 0.6) is 5.88 Å². The molecular formula is C15H18N4O2S. The molecule has 0 radical (unpaired) electrons. The van der Waals surface area contributed by atoms with Crippen molar-refractivity contribution in [2.45, 2.75) is 32.7 Å². The molecule has 0 atom stereocenters. The molecule has 0 aromatic carbocycles. The molecule has 2 aromatic heterocycles. The molecule has 116 valence electrons. The van der Waals surface area contributed by atoms with Crippen molar-refractivity contribution in [1.82, 2.24) is 19.5 Å². The highest BCUT2D eigenvalue weighted by atomic mass is 32.1. The van der Waals surface area contributed by atoms with E-state index in [-0.39, 0.29) is 5.91 Å². The van der Waals surface area contributed by atoms with Gasteiger partial charge in [0.05, 0.1) is 24.2 Å². The normalized spacial score (nSPS) is 13.0. The van der Waals surface area contributed by atoms with Crippen LogP contribution in [0.15, 0.2) is 6.07 Å². The maximum Gasteiger partial charge on any atom is 0.259 e. The van der Waals surface area contributed by atoms with Crippen LogP contribution in [-0.2, 0) is 19.4 Å². The van der Waals surface area contributed by atoms with E-state index in [1.165, 1.54) is 11.5 Å². The Hall–Kier alpha value is -2.02. The Morgan fingerprint density at radius 1 is 1.45 bits per heavy atom. The molecule has 0 unspecified atom stereocenters. The molecule has 0 saturated heterocycles. The van der Waals surface area contributed by atoms with E-state index >= 15 is 0 Å². The topological polar surface area (TPSA) is 68.2 Å². The Kier molecular flexibility index (Phi) is 4.06. The molecule has 0 bridgehead atoms. The third kappa shape index (κ3) is 2.68. The lowest BCUT2D eigenvalue weighted by Gasteiger charge is -2.18. The van der Waals surface area contributed by atoms with Crippen molar-refractivity contribution in [3.05, 3.63) is 33.5 Å². The van der Waals surface area contributed by atoms with E-state index < -0.39 is 0 Å². The van der Waals surface area contributed by atoms with Crippen molar-refractivity contribution in [3.63, 3.8) is 0 Å². The van der Waals surface area contributed by atoms with Crippen LogP contribution >= 0.6 is 11.5 Å². The van der Waals surface area contributed by atoms with Gasteiger partial charge in [-0.2, -0.15) is 0 Å². The van der Waals surface area contributed by atoms with Gasteiger partial charge < -0.3 is 9.64 Å². The van der Waals surface area contributed by atoms with Gasteiger partial charge in [0.2, 0.25) is 5.88 Å². The quantitative estimate of drug-likeness (QED) is 0.862. The molecule has 1 aliphatic carbocycles. The summed E-state index contributed by atoms with van der Waals surface area (Å²) in [5.74, 6) is 0.323. The first kappa shape index (κ1) is 14.9. The van der Waals surface area contributed by atoms with E-state index in [1.54, 1.807) is 19.1 Å². The van der Waals surface area contributed by atoms with Gasteiger partial charge in [0.25, 0.3) is 5.91 Å². The summed E-state index contributed by atoms with van der Waals surface area (Å²) in [6.07, 6.45) is 3.03. The summed E-state index contributed by atoms with van der Waals surface area (Å²) in [4.78, 5) is 19.9. The molecule has 2 heterocycles. The van der Waals surface area contributed by atoms with Crippen LogP contribution in [0.1, 0.15) is 38.6 Å². The molecule has 1 aliphatic rings. The first-order valence-electron chi connectivity index (χ1n) is 7.20. The summed E-state index contributed by atoms with van der Waals surface area (Å²) >= 11 is 1.32. The fourth-order valence-corrected chi connectivity index (χ4v) is 3.34. The van der Waals surface area contributed by atoms with Crippen molar-refractivity contribution in [3.8, 4) is 5.88 Å². The number of nitrogens with zero attached hydrogens (tertiary/aromatic N) is 4. The Labute approximate surface area is 133 Å². The van der Waals surface area contributed by atoms with Gasteiger partial charge in [-0.1, -0.05) is 4.49 Å². The number of fused-ring (bicyclic) bond motifs is 1. The number of amides is 1. The number of aryl methyl sites for hydroxylation is 3. The molecule has 3 rings (SSSR count). The minimum Gasteiger partial charge on any atom is -0.480 e. The third-order valence-corrected chi connectivity index (χ3v) is 4.72. The van der Waals surface area contributed by atoms with E-state index in [0.717, 1.165) is 41.1 Å². The molecule has 0 aliphatic heterocycles. The molecule has 6 nitrogen and oxygen atoms in total. The number of aromatic nitrogens is 3. The van der Waals surface area contributed by atoms with Crippen molar-refractivity contribution in [1.29, 1.82) is 0 Å². The standard InChI is InChI=1S/C15H18N4O2S/c1-9-13(22-18-17-9)8-19(2)15(20)11-7-10-5-4-6-12(10)16-14(11)21-3/h7H,4-6,8H2,1-3H3. The summed E-state index contributed by atoms with van der Waals surface area (Å²) in [7, 11) is 3.33. The summed E-state index contributed by atoms with van der Waals surface area (Å²) in [6.45, 7) is 2.39. The molecule has 0 spiro atoms. The summed E-state index contributed by atoms with van der Waals surface area (Å²) in [6, 6.07) is 1.94. The SMILES string of the molecule is COc1nc2c(cc1C(=O)N(C)Cc1snnc1C)CCC2. The second kappa shape index (κ2) is 6.00. The molecule has 2 aromatic rings. The number of hydrogen-bond donors (Lipinski definition) is 0. The molecule has 0 saturated carbocycles. The Balaban J connectivity index is 1.86. The average molecular weight is 318 g/mol. The second-order valence-corrected chi connectivity index (χ2v) is 6.29. The lowest BCUT2D eigenvalue weighted by Crippen LogP contribution is -2.27. The van der Waals surface area contributed by atoms with E-state index in [4.69, 9.17) is 4.74 Å². The average Bonchev–Trinajstić information content (AvgIpc) is 3.13. The molecule has 22 heavy (non-hydrogen) atoms. The van der Waals surface area contributed by atoms with E-state index in [1.807, 2.05) is 13.0 Å². The maximum absolute atomic E-state index is 12.7. The molecular weight excluding hydrogens is 300 g/mol. The maximum atomic E-state index is 12.7. The van der Waals surface area contributed by atoms with Crippen LogP contribution in [0.4, 0.5) is 0 Å². The molecule has 0 N–H and O–H groups in total. The van der Waals surface area contributed by atoms with Crippen LogP contribution in [-0.4, -0.2) is 39.5 Å². The Morgan fingerprint density at radius 2 is 2.27 bits per heavy atom. The van der Waals surface area contributed by atoms with Crippen LogP contribution < -0.4 is 4.74 Å². The number of pyridine rings is 1. The fourth-order valence-electron chi connectivity index (χ4n) is 2.65. The second-order valence-electron chi connectivity index (χ2n) is 5.45. The zero-order valence-corrected chi connectivity index (χ0v) is 13.7. The number of ether oxygens (including phenoxy) is 1. The lowest BCUT2D eigenvalue weighted by atomic mass is 10.1.